The summed E-state index contributed by atoms with van der Waals surface area (Å²) in [5.41, 5.74) is 0. The molecule has 1 saturated heterocycles. The number of hydrogen-bond donors (Lipinski definition) is 1. The molecule has 1 aliphatic rings. The molecule has 112 valence electrons. The first-order valence-electron chi connectivity index (χ1n) is 7.20. The van der Waals surface area contributed by atoms with Gasteiger partial charge < -0.3 is 14.3 Å². The Bertz CT molecular complexity index is 309. The number of aliphatic hydroxyl groups excluding tert-OH is 1. The SMILES string of the molecule is C=CC[C@H](O)[C@@H]1O[C@H]1C[C@H](C)O[Si](C)(C)C(C)(C)C. The van der Waals surface area contributed by atoms with E-state index in [1.165, 1.54) is 0 Å². The first kappa shape index (κ1) is 16.9. The second-order valence-corrected chi connectivity index (χ2v) is 11.9. The van der Waals surface area contributed by atoms with E-state index in [0.717, 1.165) is 6.42 Å². The highest BCUT2D eigenvalue weighted by molar-refractivity contribution is 6.74. The Morgan fingerprint density at radius 3 is 2.47 bits per heavy atom. The third-order valence-electron chi connectivity index (χ3n) is 4.28. The molecule has 0 amide bonds. The number of hydrogen-bond acceptors (Lipinski definition) is 3. The van der Waals surface area contributed by atoms with Crippen LogP contribution in [0.15, 0.2) is 12.7 Å². The molecule has 4 atom stereocenters. The molecule has 0 aromatic rings. The van der Waals surface area contributed by atoms with Gasteiger partial charge in [0.15, 0.2) is 8.32 Å². The molecule has 0 aliphatic carbocycles. The van der Waals surface area contributed by atoms with Gasteiger partial charge in [-0.1, -0.05) is 26.8 Å². The van der Waals surface area contributed by atoms with E-state index in [9.17, 15) is 5.11 Å². The summed E-state index contributed by atoms with van der Waals surface area (Å²) >= 11 is 0. The lowest BCUT2D eigenvalue weighted by atomic mass is 10.1. The van der Waals surface area contributed by atoms with Crippen LogP contribution >= 0.6 is 0 Å². The fourth-order valence-electron chi connectivity index (χ4n) is 2.04. The first-order valence-corrected chi connectivity index (χ1v) is 10.1. The fourth-order valence-corrected chi connectivity index (χ4v) is 3.50. The van der Waals surface area contributed by atoms with Crippen molar-refractivity contribution in [1.82, 2.24) is 0 Å². The van der Waals surface area contributed by atoms with Gasteiger partial charge in [-0.25, -0.2) is 0 Å². The summed E-state index contributed by atoms with van der Waals surface area (Å²) in [6, 6.07) is 0. The molecular formula is C15H30O3Si. The Labute approximate surface area is 119 Å². The van der Waals surface area contributed by atoms with Crippen LogP contribution < -0.4 is 0 Å². The molecule has 1 rings (SSSR count). The quantitative estimate of drug-likeness (QED) is 0.442. The molecule has 4 heteroatoms. The van der Waals surface area contributed by atoms with Crippen LogP contribution in [0.4, 0.5) is 0 Å². The van der Waals surface area contributed by atoms with E-state index in [1.807, 2.05) is 0 Å². The molecule has 1 N–H and O–H groups in total. The molecular weight excluding hydrogens is 256 g/mol. The summed E-state index contributed by atoms with van der Waals surface area (Å²) in [6.07, 6.45) is 3.09. The first-order chi connectivity index (χ1) is 8.58. The van der Waals surface area contributed by atoms with Gasteiger partial charge >= 0.3 is 0 Å². The number of ether oxygens (including phenoxy) is 1. The summed E-state index contributed by atoms with van der Waals surface area (Å²) in [5.74, 6) is 0. The van der Waals surface area contributed by atoms with Crippen molar-refractivity contribution in [3.05, 3.63) is 12.7 Å². The van der Waals surface area contributed by atoms with Crippen molar-refractivity contribution in [3.8, 4) is 0 Å². The van der Waals surface area contributed by atoms with E-state index in [0.29, 0.717) is 6.42 Å². The Kier molecular flexibility index (Phi) is 5.41. The average molecular weight is 286 g/mol. The lowest BCUT2D eigenvalue weighted by Gasteiger charge is -2.38. The molecule has 1 heterocycles. The molecule has 0 saturated carbocycles. The minimum atomic E-state index is -1.71. The zero-order chi connectivity index (χ0) is 14.8. The van der Waals surface area contributed by atoms with Gasteiger partial charge in [0.25, 0.3) is 0 Å². The van der Waals surface area contributed by atoms with Gasteiger partial charge in [0.2, 0.25) is 0 Å². The Balaban J connectivity index is 2.38. The van der Waals surface area contributed by atoms with Gasteiger partial charge in [0.05, 0.1) is 12.2 Å². The predicted molar refractivity (Wildman–Crippen MR) is 81.8 cm³/mol. The van der Waals surface area contributed by atoms with E-state index >= 15 is 0 Å². The molecule has 0 unspecified atom stereocenters. The number of aliphatic hydroxyl groups is 1. The second kappa shape index (κ2) is 6.08. The third kappa shape index (κ3) is 4.70. The molecule has 19 heavy (non-hydrogen) atoms. The van der Waals surface area contributed by atoms with Crippen molar-refractivity contribution in [3.63, 3.8) is 0 Å². The molecule has 0 aromatic carbocycles. The van der Waals surface area contributed by atoms with Crippen LogP contribution in [-0.4, -0.2) is 37.8 Å². The van der Waals surface area contributed by atoms with E-state index in [2.05, 4.69) is 47.4 Å². The maximum Gasteiger partial charge on any atom is 0.192 e. The van der Waals surface area contributed by atoms with Gasteiger partial charge in [0.1, 0.15) is 6.10 Å². The highest BCUT2D eigenvalue weighted by Crippen LogP contribution is 2.39. The van der Waals surface area contributed by atoms with E-state index in [-0.39, 0.29) is 23.4 Å². The zero-order valence-electron chi connectivity index (χ0n) is 13.3. The molecule has 1 aliphatic heterocycles. The lowest BCUT2D eigenvalue weighted by Crippen LogP contribution is -2.43. The van der Waals surface area contributed by atoms with Crippen LogP contribution in [0, 0.1) is 0 Å². The van der Waals surface area contributed by atoms with Crippen LogP contribution in [0.5, 0.6) is 0 Å². The van der Waals surface area contributed by atoms with Gasteiger partial charge in [-0.05, 0) is 31.5 Å². The average Bonchev–Trinajstić information content (AvgIpc) is 2.94. The summed E-state index contributed by atoms with van der Waals surface area (Å²) in [5, 5.41) is 10.0. The van der Waals surface area contributed by atoms with Crippen LogP contribution in [-0.2, 0) is 9.16 Å². The van der Waals surface area contributed by atoms with Gasteiger partial charge in [-0.15, -0.1) is 6.58 Å². The standard InChI is InChI=1S/C15H30O3Si/c1-8-9-12(16)14-13(17-14)10-11(2)18-19(6,7)15(3,4)5/h8,11-14,16H,1,9-10H2,2-7H3/t11-,12-,13-,14-/m0/s1. The highest BCUT2D eigenvalue weighted by Gasteiger charge is 2.46. The third-order valence-corrected chi connectivity index (χ3v) is 8.88. The summed E-state index contributed by atoms with van der Waals surface area (Å²) in [6.45, 7) is 17.0. The zero-order valence-corrected chi connectivity index (χ0v) is 14.3. The molecule has 1 fully saturated rings. The topological polar surface area (TPSA) is 42.0 Å². The van der Waals surface area contributed by atoms with E-state index in [4.69, 9.17) is 9.16 Å². The Morgan fingerprint density at radius 1 is 1.42 bits per heavy atom. The van der Waals surface area contributed by atoms with Crippen LogP contribution in [0.1, 0.15) is 40.5 Å². The fraction of sp³-hybridized carbons (Fsp3) is 0.867. The summed E-state index contributed by atoms with van der Waals surface area (Å²) < 4.78 is 11.8. The minimum absolute atomic E-state index is 0.0246. The van der Waals surface area contributed by atoms with Crippen molar-refractivity contribution in [2.24, 2.45) is 0 Å². The van der Waals surface area contributed by atoms with Crippen LogP contribution in [0.3, 0.4) is 0 Å². The monoisotopic (exact) mass is 286 g/mol. The summed E-state index contributed by atoms with van der Waals surface area (Å²) in [7, 11) is -1.71. The van der Waals surface area contributed by atoms with Crippen molar-refractivity contribution in [1.29, 1.82) is 0 Å². The predicted octanol–water partition coefficient (Wildman–Crippen LogP) is 3.49. The Hall–Kier alpha value is -0.163. The number of rotatable bonds is 7. The maximum atomic E-state index is 9.81. The molecule has 0 aromatic heterocycles. The number of epoxide rings is 1. The van der Waals surface area contributed by atoms with E-state index in [1.54, 1.807) is 6.08 Å². The van der Waals surface area contributed by atoms with Crippen molar-refractivity contribution in [2.75, 3.05) is 0 Å². The van der Waals surface area contributed by atoms with E-state index < -0.39 is 14.4 Å². The summed E-state index contributed by atoms with van der Waals surface area (Å²) in [4.78, 5) is 0. The molecule has 0 radical (unpaired) electrons. The molecule has 0 spiro atoms. The van der Waals surface area contributed by atoms with Crippen molar-refractivity contribution in [2.45, 2.75) is 83.1 Å². The van der Waals surface area contributed by atoms with Gasteiger partial charge in [-0.3, -0.25) is 0 Å². The Morgan fingerprint density at radius 2 is 2.00 bits per heavy atom. The van der Waals surface area contributed by atoms with Crippen molar-refractivity contribution >= 4 is 8.32 Å². The normalized spacial score (nSPS) is 26.9. The lowest BCUT2D eigenvalue weighted by molar-refractivity contribution is 0.137. The smallest absolute Gasteiger partial charge is 0.192 e. The van der Waals surface area contributed by atoms with Gasteiger partial charge in [0, 0.05) is 12.5 Å². The van der Waals surface area contributed by atoms with Crippen LogP contribution in [0.2, 0.25) is 18.1 Å². The largest absolute Gasteiger partial charge is 0.414 e. The van der Waals surface area contributed by atoms with Gasteiger partial charge in [-0.2, -0.15) is 0 Å². The molecule has 3 nitrogen and oxygen atoms in total. The molecule has 0 bridgehead atoms. The minimum Gasteiger partial charge on any atom is -0.414 e. The van der Waals surface area contributed by atoms with Crippen LogP contribution in [0.25, 0.3) is 0 Å². The second-order valence-electron chi connectivity index (χ2n) is 7.16. The maximum absolute atomic E-state index is 9.81. The van der Waals surface area contributed by atoms with Crippen molar-refractivity contribution < 1.29 is 14.3 Å². The highest BCUT2D eigenvalue weighted by atomic mass is 28.4.